The molecule has 1 aromatic rings. The lowest BCUT2D eigenvalue weighted by Crippen LogP contribution is -2.41. The summed E-state index contributed by atoms with van der Waals surface area (Å²) in [5.74, 6) is -0.0366. The largest absolute Gasteiger partial charge is 0.396 e. The molecule has 0 bridgehead atoms. The third kappa shape index (κ3) is 2.03. The second kappa shape index (κ2) is 3.81. The fraction of sp³-hybridized carbons (Fsp3) is 0.636. The fourth-order valence-corrected chi connectivity index (χ4v) is 1.94. The summed E-state index contributed by atoms with van der Waals surface area (Å²) in [5.41, 5.74) is 6.85. The highest BCUT2D eigenvalue weighted by Gasteiger charge is 2.29. The van der Waals surface area contributed by atoms with Crippen molar-refractivity contribution >= 4 is 11.6 Å². The van der Waals surface area contributed by atoms with Gasteiger partial charge in [0, 0.05) is 13.1 Å². The van der Waals surface area contributed by atoms with E-state index in [0.29, 0.717) is 16.8 Å². The van der Waals surface area contributed by atoms with Gasteiger partial charge in [-0.25, -0.2) is 0 Å². The van der Waals surface area contributed by atoms with E-state index in [2.05, 4.69) is 24.0 Å². The van der Waals surface area contributed by atoms with Gasteiger partial charge in [0.15, 0.2) is 0 Å². The molecule has 0 unspecified atom stereocenters. The number of likely N-dealkylation sites (tertiary alicyclic amines) is 1. The van der Waals surface area contributed by atoms with Crippen LogP contribution in [0.1, 0.15) is 37.2 Å². The molecule has 16 heavy (non-hydrogen) atoms. The van der Waals surface area contributed by atoms with E-state index in [0.717, 1.165) is 25.9 Å². The lowest BCUT2D eigenvalue weighted by atomic mass is 9.82. The number of nitrogens with zero attached hydrogens (tertiary/aromatic N) is 2. The second-order valence-electron chi connectivity index (χ2n) is 5.16. The van der Waals surface area contributed by atoms with Crippen LogP contribution in [0.5, 0.6) is 0 Å². The number of carbonyl (C=O) groups is 1. The lowest BCUT2D eigenvalue weighted by molar-refractivity contribution is 0.0625. The number of amides is 1. The van der Waals surface area contributed by atoms with Crippen molar-refractivity contribution in [2.75, 3.05) is 18.8 Å². The van der Waals surface area contributed by atoms with Crippen molar-refractivity contribution < 1.29 is 4.79 Å². The molecule has 5 nitrogen and oxygen atoms in total. The van der Waals surface area contributed by atoms with Gasteiger partial charge in [-0.15, -0.1) is 0 Å². The van der Waals surface area contributed by atoms with Gasteiger partial charge in [-0.2, -0.15) is 5.10 Å². The minimum Gasteiger partial charge on any atom is -0.396 e. The second-order valence-corrected chi connectivity index (χ2v) is 5.16. The number of piperidine rings is 1. The molecule has 0 spiro atoms. The Labute approximate surface area is 95.0 Å². The summed E-state index contributed by atoms with van der Waals surface area (Å²) >= 11 is 0. The monoisotopic (exact) mass is 222 g/mol. The Hall–Kier alpha value is -1.52. The van der Waals surface area contributed by atoms with Gasteiger partial charge in [0.25, 0.3) is 5.91 Å². The minimum absolute atomic E-state index is 0.0366. The molecule has 2 rings (SSSR count). The first-order valence-electron chi connectivity index (χ1n) is 5.58. The van der Waals surface area contributed by atoms with Crippen molar-refractivity contribution in [3.05, 3.63) is 11.9 Å². The molecule has 1 aliphatic rings. The molecule has 1 amide bonds. The number of aromatic nitrogens is 2. The minimum atomic E-state index is -0.0366. The predicted molar refractivity (Wildman–Crippen MR) is 61.9 cm³/mol. The molecule has 1 saturated heterocycles. The number of aromatic amines is 1. The van der Waals surface area contributed by atoms with Crippen LogP contribution in [0.15, 0.2) is 6.20 Å². The number of anilines is 1. The van der Waals surface area contributed by atoms with E-state index in [9.17, 15) is 4.79 Å². The SMILES string of the molecule is CC1(C)CCN(C(=O)c2[nH]ncc2N)CC1. The van der Waals surface area contributed by atoms with Crippen LogP contribution in [-0.2, 0) is 0 Å². The third-order valence-electron chi connectivity index (χ3n) is 3.29. The Balaban J connectivity index is 2.05. The molecule has 0 aromatic carbocycles. The topological polar surface area (TPSA) is 75.0 Å². The van der Waals surface area contributed by atoms with Crippen molar-refractivity contribution in [3.8, 4) is 0 Å². The molecule has 0 aliphatic carbocycles. The number of rotatable bonds is 1. The van der Waals surface area contributed by atoms with Crippen LogP contribution in [0.3, 0.4) is 0 Å². The Kier molecular flexibility index (Phi) is 2.61. The van der Waals surface area contributed by atoms with Crippen LogP contribution in [0, 0.1) is 5.41 Å². The van der Waals surface area contributed by atoms with Gasteiger partial charge < -0.3 is 10.6 Å². The Morgan fingerprint density at radius 1 is 1.50 bits per heavy atom. The van der Waals surface area contributed by atoms with Gasteiger partial charge in [0.1, 0.15) is 5.69 Å². The maximum atomic E-state index is 12.1. The van der Waals surface area contributed by atoms with Gasteiger partial charge in [0.2, 0.25) is 0 Å². The first kappa shape index (κ1) is 11.0. The van der Waals surface area contributed by atoms with Crippen molar-refractivity contribution in [2.24, 2.45) is 5.41 Å². The summed E-state index contributed by atoms with van der Waals surface area (Å²) in [4.78, 5) is 13.9. The fourth-order valence-electron chi connectivity index (χ4n) is 1.94. The number of carbonyl (C=O) groups excluding carboxylic acids is 1. The van der Waals surface area contributed by atoms with Crippen LogP contribution in [0.25, 0.3) is 0 Å². The van der Waals surface area contributed by atoms with Crippen molar-refractivity contribution in [1.29, 1.82) is 0 Å². The first-order valence-corrected chi connectivity index (χ1v) is 5.58. The molecule has 1 aromatic heterocycles. The number of hydrogen-bond donors (Lipinski definition) is 2. The molecular formula is C11H18N4O. The summed E-state index contributed by atoms with van der Waals surface area (Å²) in [5, 5.41) is 6.43. The molecule has 2 heterocycles. The maximum Gasteiger partial charge on any atom is 0.274 e. The molecule has 0 saturated carbocycles. The molecule has 5 heteroatoms. The summed E-state index contributed by atoms with van der Waals surface area (Å²) in [7, 11) is 0. The molecule has 0 atom stereocenters. The number of nitrogens with two attached hydrogens (primary N) is 1. The summed E-state index contributed by atoms with van der Waals surface area (Å²) in [6, 6.07) is 0. The number of hydrogen-bond acceptors (Lipinski definition) is 3. The smallest absolute Gasteiger partial charge is 0.274 e. The number of nitrogen functional groups attached to an aromatic ring is 1. The zero-order chi connectivity index (χ0) is 11.8. The predicted octanol–water partition coefficient (Wildman–Crippen LogP) is 1.25. The van der Waals surface area contributed by atoms with E-state index in [-0.39, 0.29) is 5.91 Å². The zero-order valence-electron chi connectivity index (χ0n) is 9.79. The third-order valence-corrected chi connectivity index (χ3v) is 3.29. The molecule has 3 N–H and O–H groups in total. The lowest BCUT2D eigenvalue weighted by Gasteiger charge is -2.36. The van der Waals surface area contributed by atoms with Crippen LogP contribution in [0.4, 0.5) is 5.69 Å². The molecule has 1 fully saturated rings. The Bertz CT molecular complexity index is 386. The van der Waals surface area contributed by atoms with Gasteiger partial charge in [0.05, 0.1) is 11.9 Å². The highest BCUT2D eigenvalue weighted by Crippen LogP contribution is 2.30. The molecular weight excluding hydrogens is 204 g/mol. The van der Waals surface area contributed by atoms with E-state index >= 15 is 0 Å². The van der Waals surface area contributed by atoms with Crippen LogP contribution in [0.2, 0.25) is 0 Å². The summed E-state index contributed by atoms with van der Waals surface area (Å²) < 4.78 is 0. The maximum absolute atomic E-state index is 12.1. The first-order chi connectivity index (χ1) is 7.49. The standard InChI is InChI=1S/C11H18N4O/c1-11(2)3-5-15(6-4-11)10(16)9-8(12)7-13-14-9/h7H,3-6,12H2,1-2H3,(H,13,14). The van der Waals surface area contributed by atoms with Gasteiger partial charge >= 0.3 is 0 Å². The van der Waals surface area contributed by atoms with E-state index in [1.165, 1.54) is 6.20 Å². The van der Waals surface area contributed by atoms with Crippen molar-refractivity contribution in [2.45, 2.75) is 26.7 Å². The molecule has 88 valence electrons. The normalized spacial score (nSPS) is 19.8. The highest BCUT2D eigenvalue weighted by molar-refractivity contribution is 5.97. The average Bonchev–Trinajstić information content (AvgIpc) is 2.63. The van der Waals surface area contributed by atoms with E-state index in [1.54, 1.807) is 0 Å². The number of nitrogens with one attached hydrogen (secondary N) is 1. The van der Waals surface area contributed by atoms with Crippen LogP contribution in [-0.4, -0.2) is 34.1 Å². The summed E-state index contributed by atoms with van der Waals surface area (Å²) in [6.45, 7) is 6.06. The van der Waals surface area contributed by atoms with E-state index < -0.39 is 0 Å². The molecule has 0 radical (unpaired) electrons. The number of H-pyrrole nitrogens is 1. The average molecular weight is 222 g/mol. The van der Waals surface area contributed by atoms with Gasteiger partial charge in [-0.1, -0.05) is 13.8 Å². The van der Waals surface area contributed by atoms with Crippen molar-refractivity contribution in [1.82, 2.24) is 15.1 Å². The summed E-state index contributed by atoms with van der Waals surface area (Å²) in [6.07, 6.45) is 3.54. The van der Waals surface area contributed by atoms with Crippen LogP contribution < -0.4 is 5.73 Å². The molecule has 1 aliphatic heterocycles. The van der Waals surface area contributed by atoms with Crippen LogP contribution >= 0.6 is 0 Å². The Morgan fingerprint density at radius 3 is 2.62 bits per heavy atom. The Morgan fingerprint density at radius 2 is 2.12 bits per heavy atom. The van der Waals surface area contributed by atoms with Gasteiger partial charge in [-0.05, 0) is 18.3 Å². The zero-order valence-corrected chi connectivity index (χ0v) is 9.79. The van der Waals surface area contributed by atoms with Gasteiger partial charge in [-0.3, -0.25) is 9.89 Å². The van der Waals surface area contributed by atoms with Crippen molar-refractivity contribution in [3.63, 3.8) is 0 Å². The van der Waals surface area contributed by atoms with E-state index in [1.807, 2.05) is 4.90 Å². The highest BCUT2D eigenvalue weighted by atomic mass is 16.2. The quantitative estimate of drug-likeness (QED) is 0.751. The van der Waals surface area contributed by atoms with E-state index in [4.69, 9.17) is 5.73 Å².